The lowest BCUT2D eigenvalue weighted by molar-refractivity contribution is 0.0526. The van der Waals surface area contributed by atoms with E-state index in [0.29, 0.717) is 52.5 Å². The van der Waals surface area contributed by atoms with E-state index < -0.39 is 5.97 Å². The smallest absolute Gasteiger partial charge is 0.343 e. The van der Waals surface area contributed by atoms with Crippen LogP contribution in [0, 0.1) is 0 Å². The van der Waals surface area contributed by atoms with Crippen LogP contribution in [-0.2, 0) is 17.7 Å². The molecule has 5 rings (SSSR count). The van der Waals surface area contributed by atoms with Crippen LogP contribution in [0.15, 0.2) is 59.3 Å². The summed E-state index contributed by atoms with van der Waals surface area (Å²) < 4.78 is 11.0. The number of nitrogens with zero attached hydrogens (tertiary/aromatic N) is 4. The highest BCUT2D eigenvalue weighted by Crippen LogP contribution is 2.34. The predicted molar refractivity (Wildman–Crippen MR) is 130 cm³/mol. The van der Waals surface area contributed by atoms with Gasteiger partial charge < -0.3 is 14.2 Å². The van der Waals surface area contributed by atoms with Crippen LogP contribution in [0.2, 0.25) is 10.0 Å². The fourth-order valence-corrected chi connectivity index (χ4v) is 4.18. The van der Waals surface area contributed by atoms with E-state index in [0.717, 1.165) is 22.4 Å². The summed E-state index contributed by atoms with van der Waals surface area (Å²) in [6.45, 7) is 3.11. The number of carbonyl (C=O) groups is 1. The Morgan fingerprint density at radius 2 is 1.74 bits per heavy atom. The first-order valence-electron chi connectivity index (χ1n) is 10.8. The average molecular weight is 495 g/mol. The second kappa shape index (κ2) is 9.44. The zero-order valence-electron chi connectivity index (χ0n) is 18.3. The standard InChI is InChI=1S/C25H20Cl2N4O3/c1-2-33-25(32)19-13-28-23(16-5-9-18(27)10-6-16)29-24(19)31-12-11-21-20(14-31)22(34-30-21)15-3-7-17(26)8-4-15/h3-10,13H,2,11-12,14H2,1H3. The lowest BCUT2D eigenvalue weighted by Gasteiger charge is -2.29. The molecular formula is C25H20Cl2N4O3. The molecule has 0 fully saturated rings. The first-order chi connectivity index (χ1) is 16.5. The molecule has 0 atom stereocenters. The first kappa shape index (κ1) is 22.4. The lowest BCUT2D eigenvalue weighted by Crippen LogP contribution is -2.32. The molecule has 2 aromatic carbocycles. The highest BCUT2D eigenvalue weighted by Gasteiger charge is 2.29. The Kier molecular flexibility index (Phi) is 6.22. The van der Waals surface area contributed by atoms with Crippen molar-refractivity contribution in [2.45, 2.75) is 19.9 Å². The third-order valence-electron chi connectivity index (χ3n) is 5.61. The molecular weight excluding hydrogens is 475 g/mol. The highest BCUT2D eigenvalue weighted by atomic mass is 35.5. The zero-order chi connectivity index (χ0) is 23.7. The van der Waals surface area contributed by atoms with E-state index in [1.807, 2.05) is 41.3 Å². The number of halogens is 2. The van der Waals surface area contributed by atoms with E-state index in [1.165, 1.54) is 6.20 Å². The number of hydrogen-bond donors (Lipinski definition) is 0. The molecule has 4 aromatic rings. The molecule has 2 aromatic heterocycles. The minimum Gasteiger partial charge on any atom is -0.462 e. The molecule has 34 heavy (non-hydrogen) atoms. The summed E-state index contributed by atoms with van der Waals surface area (Å²) in [5.74, 6) is 1.22. The van der Waals surface area contributed by atoms with Crippen LogP contribution in [0.25, 0.3) is 22.7 Å². The Labute approximate surface area is 206 Å². The van der Waals surface area contributed by atoms with Gasteiger partial charge in [-0.2, -0.15) is 0 Å². The lowest BCUT2D eigenvalue weighted by atomic mass is 10.0. The maximum Gasteiger partial charge on any atom is 0.343 e. The molecule has 9 heteroatoms. The molecule has 0 amide bonds. The molecule has 0 aliphatic carbocycles. The average Bonchev–Trinajstić information content (AvgIpc) is 3.28. The third kappa shape index (κ3) is 4.36. The fourth-order valence-electron chi connectivity index (χ4n) is 3.93. The molecule has 0 N–H and O–H groups in total. The molecule has 1 aliphatic heterocycles. The van der Waals surface area contributed by atoms with Gasteiger partial charge in [-0.3, -0.25) is 0 Å². The van der Waals surface area contributed by atoms with E-state index in [-0.39, 0.29) is 6.61 Å². The van der Waals surface area contributed by atoms with Gasteiger partial charge >= 0.3 is 5.97 Å². The van der Waals surface area contributed by atoms with Crippen LogP contribution >= 0.6 is 23.2 Å². The molecule has 0 saturated heterocycles. The number of benzene rings is 2. The number of carbonyl (C=O) groups excluding carboxylic acids is 1. The van der Waals surface area contributed by atoms with Gasteiger partial charge in [-0.25, -0.2) is 14.8 Å². The number of aromatic nitrogens is 3. The van der Waals surface area contributed by atoms with Crippen LogP contribution in [0.3, 0.4) is 0 Å². The van der Waals surface area contributed by atoms with Gasteiger partial charge in [0.1, 0.15) is 11.4 Å². The van der Waals surface area contributed by atoms with Crippen LogP contribution in [0.4, 0.5) is 5.82 Å². The van der Waals surface area contributed by atoms with Crippen molar-refractivity contribution in [3.05, 3.63) is 81.6 Å². The van der Waals surface area contributed by atoms with Crippen LogP contribution in [-0.4, -0.2) is 34.2 Å². The number of rotatable bonds is 5. The summed E-state index contributed by atoms with van der Waals surface area (Å²) in [7, 11) is 0. The minimum atomic E-state index is -0.464. The minimum absolute atomic E-state index is 0.258. The maximum absolute atomic E-state index is 12.7. The van der Waals surface area contributed by atoms with Gasteiger partial charge in [0.25, 0.3) is 0 Å². The van der Waals surface area contributed by atoms with Crippen molar-refractivity contribution in [3.8, 4) is 22.7 Å². The van der Waals surface area contributed by atoms with Gasteiger partial charge in [0.15, 0.2) is 11.6 Å². The molecule has 7 nitrogen and oxygen atoms in total. The summed E-state index contributed by atoms with van der Waals surface area (Å²) >= 11 is 12.1. The van der Waals surface area contributed by atoms with Gasteiger partial charge in [0.2, 0.25) is 0 Å². The second-order valence-electron chi connectivity index (χ2n) is 7.77. The third-order valence-corrected chi connectivity index (χ3v) is 6.11. The SMILES string of the molecule is CCOC(=O)c1cnc(-c2ccc(Cl)cc2)nc1N1CCc2noc(-c3ccc(Cl)cc3)c2C1. The van der Waals surface area contributed by atoms with E-state index >= 15 is 0 Å². The Hall–Kier alpha value is -3.42. The van der Waals surface area contributed by atoms with Gasteiger partial charge in [-0.1, -0.05) is 28.4 Å². The number of esters is 1. The van der Waals surface area contributed by atoms with E-state index in [4.69, 9.17) is 37.4 Å². The molecule has 3 heterocycles. The van der Waals surface area contributed by atoms with Crippen molar-refractivity contribution in [1.29, 1.82) is 0 Å². The Morgan fingerprint density at radius 3 is 2.41 bits per heavy atom. The molecule has 1 aliphatic rings. The van der Waals surface area contributed by atoms with Gasteiger partial charge in [-0.15, -0.1) is 0 Å². The molecule has 0 saturated carbocycles. The van der Waals surface area contributed by atoms with Crippen molar-refractivity contribution >= 4 is 35.0 Å². The van der Waals surface area contributed by atoms with E-state index in [2.05, 4.69) is 10.1 Å². The summed E-state index contributed by atoms with van der Waals surface area (Å²) in [5.41, 5.74) is 3.84. The molecule has 0 bridgehead atoms. The highest BCUT2D eigenvalue weighted by molar-refractivity contribution is 6.30. The van der Waals surface area contributed by atoms with Crippen molar-refractivity contribution in [2.24, 2.45) is 0 Å². The fraction of sp³-hybridized carbons (Fsp3) is 0.200. The van der Waals surface area contributed by atoms with Gasteiger partial charge in [0, 0.05) is 45.9 Å². The summed E-state index contributed by atoms with van der Waals surface area (Å²) in [6.07, 6.45) is 2.17. The number of anilines is 1. The van der Waals surface area contributed by atoms with Crippen molar-refractivity contribution in [2.75, 3.05) is 18.1 Å². The monoisotopic (exact) mass is 494 g/mol. The Bertz CT molecular complexity index is 1340. The van der Waals surface area contributed by atoms with E-state index in [9.17, 15) is 4.79 Å². The van der Waals surface area contributed by atoms with Crippen molar-refractivity contribution < 1.29 is 14.1 Å². The quantitative estimate of drug-likeness (QED) is 0.322. The van der Waals surface area contributed by atoms with Crippen LogP contribution in [0.5, 0.6) is 0 Å². The van der Waals surface area contributed by atoms with Crippen molar-refractivity contribution in [3.63, 3.8) is 0 Å². The molecule has 0 spiro atoms. The number of fused-ring (bicyclic) bond motifs is 1. The Balaban J connectivity index is 1.54. The van der Waals surface area contributed by atoms with Crippen LogP contribution in [0.1, 0.15) is 28.5 Å². The largest absolute Gasteiger partial charge is 0.462 e. The number of ether oxygens (including phenoxy) is 1. The van der Waals surface area contributed by atoms with Gasteiger partial charge in [-0.05, 0) is 55.5 Å². The maximum atomic E-state index is 12.7. The normalized spacial score (nSPS) is 13.0. The topological polar surface area (TPSA) is 81.4 Å². The zero-order valence-corrected chi connectivity index (χ0v) is 19.8. The van der Waals surface area contributed by atoms with E-state index in [1.54, 1.807) is 19.1 Å². The summed E-state index contributed by atoms with van der Waals surface area (Å²) in [4.78, 5) is 24.0. The van der Waals surface area contributed by atoms with Crippen LogP contribution < -0.4 is 4.90 Å². The molecule has 172 valence electrons. The predicted octanol–water partition coefficient (Wildman–Crippen LogP) is 5.84. The first-order valence-corrected chi connectivity index (χ1v) is 11.6. The second-order valence-corrected chi connectivity index (χ2v) is 8.65. The molecule has 0 radical (unpaired) electrons. The van der Waals surface area contributed by atoms with Gasteiger partial charge in [0.05, 0.1) is 18.8 Å². The summed E-state index contributed by atoms with van der Waals surface area (Å²) in [5, 5.41) is 5.54. The molecule has 0 unspecified atom stereocenters. The van der Waals surface area contributed by atoms with Crippen molar-refractivity contribution in [1.82, 2.24) is 15.1 Å². The summed E-state index contributed by atoms with van der Waals surface area (Å²) in [6, 6.07) is 14.7. The number of hydrogen-bond acceptors (Lipinski definition) is 7. The Morgan fingerprint density at radius 1 is 1.06 bits per heavy atom.